The second-order valence-electron chi connectivity index (χ2n) is 4.76. The zero-order valence-electron chi connectivity index (χ0n) is 10.9. The smallest absolute Gasteiger partial charge is 0.144 e. The second kappa shape index (κ2) is 4.74. The third-order valence-electron chi connectivity index (χ3n) is 3.42. The number of nitrogens with one attached hydrogen (secondary N) is 1. The molecule has 2 aromatic rings. The number of nitrogens with zero attached hydrogens (tertiary/aromatic N) is 2. The number of pyridine rings is 1. The largest absolute Gasteiger partial charge is 0.369 e. The molecule has 0 fully saturated rings. The Hall–Kier alpha value is -2.34. The fraction of sp³-hybridized carbons (Fsp3) is 0.250. The van der Waals surface area contributed by atoms with E-state index in [9.17, 15) is 5.26 Å². The van der Waals surface area contributed by atoms with Crippen molar-refractivity contribution in [2.45, 2.75) is 19.8 Å². The summed E-state index contributed by atoms with van der Waals surface area (Å²) in [4.78, 5) is 4.67. The number of hydrogen-bond acceptors (Lipinski definition) is 3. The average Bonchev–Trinajstić information content (AvgIpc) is 2.81. The lowest BCUT2D eigenvalue weighted by Crippen LogP contribution is -2.05. The van der Waals surface area contributed by atoms with Gasteiger partial charge in [-0.3, -0.25) is 0 Å². The molecule has 0 atom stereocenters. The van der Waals surface area contributed by atoms with Crippen LogP contribution < -0.4 is 5.32 Å². The highest BCUT2D eigenvalue weighted by Crippen LogP contribution is 2.36. The fourth-order valence-electron chi connectivity index (χ4n) is 2.50. The van der Waals surface area contributed by atoms with Crippen LogP contribution in [-0.4, -0.2) is 11.5 Å². The summed E-state index contributed by atoms with van der Waals surface area (Å²) < 4.78 is 0. The van der Waals surface area contributed by atoms with Gasteiger partial charge in [-0.1, -0.05) is 31.2 Å². The number of rotatable bonds is 3. The molecular formula is C16H15N3. The fourth-order valence-corrected chi connectivity index (χ4v) is 2.50. The van der Waals surface area contributed by atoms with Crippen LogP contribution in [0.25, 0.3) is 11.3 Å². The summed E-state index contributed by atoms with van der Waals surface area (Å²) >= 11 is 0. The van der Waals surface area contributed by atoms with E-state index >= 15 is 0 Å². The van der Waals surface area contributed by atoms with E-state index in [0.717, 1.165) is 30.6 Å². The molecule has 0 bridgehead atoms. The average molecular weight is 249 g/mol. The first kappa shape index (κ1) is 11.7. The molecule has 19 heavy (non-hydrogen) atoms. The predicted octanol–water partition coefficient (Wildman–Crippen LogP) is 3.35. The molecule has 1 N–H and O–H groups in total. The number of nitriles is 1. The van der Waals surface area contributed by atoms with Crippen molar-refractivity contribution < 1.29 is 0 Å². The predicted molar refractivity (Wildman–Crippen MR) is 76.0 cm³/mol. The summed E-state index contributed by atoms with van der Waals surface area (Å²) in [6.07, 6.45) is 1.89. The minimum absolute atomic E-state index is 0.639. The summed E-state index contributed by atoms with van der Waals surface area (Å²) in [7, 11) is 0. The zero-order valence-corrected chi connectivity index (χ0v) is 10.9. The highest BCUT2D eigenvalue weighted by molar-refractivity contribution is 5.76. The zero-order chi connectivity index (χ0) is 13.2. The third kappa shape index (κ3) is 1.96. The molecule has 0 spiro atoms. The van der Waals surface area contributed by atoms with Gasteiger partial charge in [-0.15, -0.1) is 0 Å². The molecule has 0 unspecified atom stereocenters. The summed E-state index contributed by atoms with van der Waals surface area (Å²) in [5.74, 6) is 0.708. The van der Waals surface area contributed by atoms with Gasteiger partial charge in [0.25, 0.3) is 0 Å². The van der Waals surface area contributed by atoms with Crippen LogP contribution in [0.5, 0.6) is 0 Å². The van der Waals surface area contributed by atoms with Crippen LogP contribution in [0.2, 0.25) is 0 Å². The van der Waals surface area contributed by atoms with E-state index in [2.05, 4.69) is 35.4 Å². The van der Waals surface area contributed by atoms with Gasteiger partial charge >= 0.3 is 0 Å². The van der Waals surface area contributed by atoms with Crippen LogP contribution in [0, 0.1) is 11.3 Å². The lowest BCUT2D eigenvalue weighted by molar-refractivity contribution is 0.968. The van der Waals surface area contributed by atoms with Gasteiger partial charge in [-0.2, -0.15) is 5.26 Å². The number of benzene rings is 1. The van der Waals surface area contributed by atoms with Crippen molar-refractivity contribution in [1.82, 2.24) is 4.98 Å². The van der Waals surface area contributed by atoms with Crippen molar-refractivity contribution in [2.24, 2.45) is 0 Å². The Kier molecular flexibility index (Phi) is 2.92. The van der Waals surface area contributed by atoms with Gasteiger partial charge in [0.05, 0.1) is 11.3 Å². The number of anilines is 1. The minimum atomic E-state index is 0.639. The molecule has 0 saturated heterocycles. The molecule has 94 valence electrons. The number of hydrogen-bond donors (Lipinski definition) is 1. The first-order valence-electron chi connectivity index (χ1n) is 6.59. The molecule has 0 aliphatic heterocycles. The summed E-state index contributed by atoms with van der Waals surface area (Å²) in [5, 5.41) is 12.5. The van der Waals surface area contributed by atoms with Crippen LogP contribution in [0.3, 0.4) is 0 Å². The third-order valence-corrected chi connectivity index (χ3v) is 3.42. The number of aromatic nitrogens is 1. The summed E-state index contributed by atoms with van der Waals surface area (Å²) in [6.45, 7) is 2.93. The maximum atomic E-state index is 9.24. The van der Waals surface area contributed by atoms with Crippen LogP contribution >= 0.6 is 0 Å². The SMILES string of the molecule is CCCNc1nc2c(cc1C#N)Cc1ccccc1-2. The maximum absolute atomic E-state index is 9.24. The van der Waals surface area contributed by atoms with Gasteiger partial charge in [0.1, 0.15) is 11.9 Å². The Bertz CT molecular complexity index is 668. The standard InChI is InChI=1S/C16H15N3/c1-2-7-18-16-13(10-17)9-12-8-11-5-3-4-6-14(11)15(12)19-16/h3-6,9H,2,7-8H2,1H3,(H,18,19). The normalized spacial score (nSPS) is 11.6. The lowest BCUT2D eigenvalue weighted by Gasteiger charge is -2.09. The Balaban J connectivity index is 2.10. The van der Waals surface area contributed by atoms with E-state index in [1.807, 2.05) is 18.2 Å². The Morgan fingerprint density at radius 1 is 1.32 bits per heavy atom. The molecule has 3 nitrogen and oxygen atoms in total. The van der Waals surface area contributed by atoms with Gasteiger partial charge in [-0.05, 0) is 23.6 Å². The monoisotopic (exact) mass is 249 g/mol. The molecule has 1 aromatic carbocycles. The van der Waals surface area contributed by atoms with Crippen molar-refractivity contribution in [3.05, 3.63) is 47.0 Å². The van der Waals surface area contributed by atoms with E-state index in [1.54, 1.807) is 0 Å². The first-order valence-corrected chi connectivity index (χ1v) is 6.59. The Morgan fingerprint density at radius 3 is 2.95 bits per heavy atom. The summed E-state index contributed by atoms with van der Waals surface area (Å²) in [6, 6.07) is 12.5. The van der Waals surface area contributed by atoms with Gasteiger partial charge in [0.2, 0.25) is 0 Å². The summed E-state index contributed by atoms with van der Waals surface area (Å²) in [5.41, 5.74) is 5.30. The Morgan fingerprint density at radius 2 is 2.16 bits per heavy atom. The molecule has 0 radical (unpaired) electrons. The van der Waals surface area contributed by atoms with E-state index in [1.165, 1.54) is 11.1 Å². The van der Waals surface area contributed by atoms with Crippen LogP contribution in [0.1, 0.15) is 30.0 Å². The van der Waals surface area contributed by atoms with Gasteiger partial charge in [-0.25, -0.2) is 4.98 Å². The highest BCUT2D eigenvalue weighted by Gasteiger charge is 2.21. The van der Waals surface area contributed by atoms with Gasteiger partial charge in [0.15, 0.2) is 0 Å². The van der Waals surface area contributed by atoms with E-state index in [0.29, 0.717) is 11.4 Å². The van der Waals surface area contributed by atoms with Gasteiger partial charge < -0.3 is 5.32 Å². The van der Waals surface area contributed by atoms with E-state index < -0.39 is 0 Å². The second-order valence-corrected chi connectivity index (χ2v) is 4.76. The van der Waals surface area contributed by atoms with Crippen molar-refractivity contribution in [3.63, 3.8) is 0 Å². The lowest BCUT2D eigenvalue weighted by atomic mass is 10.1. The molecule has 0 amide bonds. The van der Waals surface area contributed by atoms with Crippen molar-refractivity contribution in [2.75, 3.05) is 11.9 Å². The van der Waals surface area contributed by atoms with E-state index in [4.69, 9.17) is 0 Å². The molecule has 3 heteroatoms. The molecule has 1 aliphatic carbocycles. The molecule has 1 aliphatic rings. The molecule has 0 saturated carbocycles. The maximum Gasteiger partial charge on any atom is 0.144 e. The molecule has 1 aromatic heterocycles. The quantitative estimate of drug-likeness (QED) is 0.774. The van der Waals surface area contributed by atoms with Crippen LogP contribution in [-0.2, 0) is 6.42 Å². The topological polar surface area (TPSA) is 48.7 Å². The van der Waals surface area contributed by atoms with Crippen molar-refractivity contribution in [3.8, 4) is 17.3 Å². The molecular weight excluding hydrogens is 234 g/mol. The first-order chi connectivity index (χ1) is 9.33. The van der Waals surface area contributed by atoms with E-state index in [-0.39, 0.29) is 0 Å². The highest BCUT2D eigenvalue weighted by atomic mass is 15.0. The van der Waals surface area contributed by atoms with Crippen molar-refractivity contribution in [1.29, 1.82) is 5.26 Å². The van der Waals surface area contributed by atoms with Crippen LogP contribution in [0.4, 0.5) is 5.82 Å². The van der Waals surface area contributed by atoms with Gasteiger partial charge in [0, 0.05) is 18.5 Å². The number of fused-ring (bicyclic) bond motifs is 3. The minimum Gasteiger partial charge on any atom is -0.369 e. The molecule has 1 heterocycles. The Labute approximate surface area is 112 Å². The van der Waals surface area contributed by atoms with Crippen LogP contribution in [0.15, 0.2) is 30.3 Å². The molecule has 3 rings (SSSR count). The van der Waals surface area contributed by atoms with Crippen molar-refractivity contribution >= 4 is 5.82 Å².